The number of non-ortho nitro benzene ring substituents is 1. The normalized spacial score (nSPS) is 28.8. The number of nitro groups is 1. The van der Waals surface area contributed by atoms with E-state index in [1.54, 1.807) is 6.08 Å². The number of ether oxygens (including phenoxy) is 3. The maximum Gasteiger partial charge on any atom is 0.519 e. The van der Waals surface area contributed by atoms with Crippen LogP contribution in [-0.4, -0.2) is 60.2 Å². The molecule has 5 aliphatic rings. The third-order valence-corrected chi connectivity index (χ3v) is 15.3. The van der Waals surface area contributed by atoms with Crippen molar-refractivity contribution in [3.63, 3.8) is 0 Å². The summed E-state index contributed by atoms with van der Waals surface area (Å²) in [5.74, 6) is 2.44. The monoisotopic (exact) mass is 620 g/mol. The minimum Gasteiger partial charge on any atom is -0.541 e. The van der Waals surface area contributed by atoms with Crippen molar-refractivity contribution in [2.75, 3.05) is 13.1 Å². The van der Waals surface area contributed by atoms with E-state index in [1.165, 1.54) is 37.1 Å². The zero-order chi connectivity index (χ0) is 31.2. The second kappa shape index (κ2) is 9.79. The average molecular weight is 621 g/mol. The molecule has 11 heteroatoms. The fraction of sp³-hybridized carbons (Fsp3) is 0.545. The van der Waals surface area contributed by atoms with Gasteiger partial charge in [-0.2, -0.15) is 0 Å². The summed E-state index contributed by atoms with van der Waals surface area (Å²) in [6.07, 6.45) is 4.22. The van der Waals surface area contributed by atoms with Crippen LogP contribution in [0.1, 0.15) is 57.6 Å². The van der Waals surface area contributed by atoms with Crippen LogP contribution >= 0.6 is 0 Å². The van der Waals surface area contributed by atoms with Gasteiger partial charge in [0.1, 0.15) is 17.3 Å². The fourth-order valence-corrected chi connectivity index (χ4v) is 8.53. The number of hydrogen-bond donors (Lipinski definition) is 1. The molecule has 1 saturated carbocycles. The molecule has 2 aromatic carbocycles. The van der Waals surface area contributed by atoms with Crippen LogP contribution in [0.25, 0.3) is 0 Å². The molecule has 2 bridgehead atoms. The molecular weight excluding hydrogens is 580 g/mol. The summed E-state index contributed by atoms with van der Waals surface area (Å²) >= 11 is 0. The third-order valence-electron chi connectivity index (χ3n) is 11.0. The summed E-state index contributed by atoms with van der Waals surface area (Å²) in [7, 11) is -2.24. The van der Waals surface area contributed by atoms with Gasteiger partial charge in [0.25, 0.3) is 14.0 Å². The molecule has 234 valence electrons. The highest BCUT2D eigenvalue weighted by Crippen LogP contribution is 2.66. The Balaban J connectivity index is 1.26. The van der Waals surface area contributed by atoms with E-state index in [4.69, 9.17) is 18.6 Å². The summed E-state index contributed by atoms with van der Waals surface area (Å²) in [5.41, 5.74) is 0.0953. The molecule has 0 aromatic heterocycles. The molecule has 2 heterocycles. The van der Waals surface area contributed by atoms with Gasteiger partial charge in [0.05, 0.1) is 15.9 Å². The van der Waals surface area contributed by atoms with Crippen molar-refractivity contribution in [2.45, 2.75) is 94.2 Å². The van der Waals surface area contributed by atoms with Crippen LogP contribution in [0, 0.1) is 16.0 Å². The quantitative estimate of drug-likeness (QED) is 0.126. The number of carbonyl (C=O) groups excluding carboxylic acids is 1. The SMILES string of the molecule is CC(C)(C)[Si](C)(C)Oc1ccc2c3c1O[C@@H]1C(OC(=O)Oc4ccc([N+](=O)[O-])cc4)=CC[C@]4(O)[C@H](C2)N(CC2CC2)CC[C@@]314. The Morgan fingerprint density at radius 2 is 1.89 bits per heavy atom. The first-order chi connectivity index (χ1) is 20.7. The Morgan fingerprint density at radius 1 is 1.16 bits per heavy atom. The first kappa shape index (κ1) is 29.3. The molecule has 1 spiro atoms. The smallest absolute Gasteiger partial charge is 0.519 e. The van der Waals surface area contributed by atoms with Crippen LogP contribution in [-0.2, 0) is 16.6 Å². The molecule has 2 aromatic rings. The van der Waals surface area contributed by atoms with Gasteiger partial charge in [-0.15, -0.1) is 0 Å². The molecule has 3 aliphatic carbocycles. The topological polar surface area (TPSA) is 121 Å². The lowest BCUT2D eigenvalue weighted by Crippen LogP contribution is -2.75. The summed E-state index contributed by atoms with van der Waals surface area (Å²) in [6, 6.07) is 9.31. The van der Waals surface area contributed by atoms with E-state index in [-0.39, 0.29) is 22.5 Å². The predicted molar refractivity (Wildman–Crippen MR) is 165 cm³/mol. The van der Waals surface area contributed by atoms with Crippen LogP contribution in [0.4, 0.5) is 10.5 Å². The van der Waals surface area contributed by atoms with E-state index in [0.717, 1.165) is 30.6 Å². The van der Waals surface area contributed by atoms with Gasteiger partial charge >= 0.3 is 6.16 Å². The number of benzene rings is 2. The Labute approximate surface area is 258 Å². The van der Waals surface area contributed by atoms with Crippen molar-refractivity contribution in [2.24, 2.45) is 5.92 Å². The number of nitrogens with zero attached hydrogens (tertiary/aromatic N) is 2. The molecular formula is C33H40N2O8Si. The van der Waals surface area contributed by atoms with Crippen LogP contribution in [0.5, 0.6) is 17.2 Å². The van der Waals surface area contributed by atoms with Crippen molar-refractivity contribution >= 4 is 20.2 Å². The molecule has 1 saturated heterocycles. The van der Waals surface area contributed by atoms with E-state index in [1.807, 2.05) is 6.07 Å². The minimum absolute atomic E-state index is 0.0327. The first-order valence-corrected chi connectivity index (χ1v) is 18.5. The van der Waals surface area contributed by atoms with Gasteiger partial charge in [-0.25, -0.2) is 4.79 Å². The van der Waals surface area contributed by atoms with E-state index < -0.39 is 36.5 Å². The predicted octanol–water partition coefficient (Wildman–Crippen LogP) is 6.25. The summed E-state index contributed by atoms with van der Waals surface area (Å²) in [4.78, 5) is 26.0. The Hall–Kier alpha value is -3.41. The highest BCUT2D eigenvalue weighted by atomic mass is 28.4. The summed E-state index contributed by atoms with van der Waals surface area (Å²) < 4.78 is 24.9. The molecule has 0 amide bonds. The molecule has 2 aliphatic heterocycles. The lowest BCUT2D eigenvalue weighted by molar-refractivity contribution is -0.384. The van der Waals surface area contributed by atoms with Crippen molar-refractivity contribution in [3.05, 3.63) is 69.5 Å². The summed E-state index contributed by atoms with van der Waals surface area (Å²) in [6.45, 7) is 12.8. The number of aliphatic hydroxyl groups is 1. The molecule has 0 radical (unpaired) electrons. The van der Waals surface area contributed by atoms with Crippen molar-refractivity contribution in [1.82, 2.24) is 4.90 Å². The highest BCUT2D eigenvalue weighted by molar-refractivity contribution is 6.74. The van der Waals surface area contributed by atoms with Gasteiger partial charge in [0.2, 0.25) is 0 Å². The van der Waals surface area contributed by atoms with Gasteiger partial charge in [0, 0.05) is 36.7 Å². The first-order valence-electron chi connectivity index (χ1n) is 15.6. The molecule has 4 atom stereocenters. The number of piperidine rings is 1. The van der Waals surface area contributed by atoms with Gasteiger partial charge in [-0.3, -0.25) is 15.0 Å². The van der Waals surface area contributed by atoms with E-state index >= 15 is 0 Å². The van der Waals surface area contributed by atoms with Crippen molar-refractivity contribution in [3.8, 4) is 17.2 Å². The average Bonchev–Trinajstić information content (AvgIpc) is 3.69. The number of rotatable bonds is 7. The molecule has 0 unspecified atom stereocenters. The van der Waals surface area contributed by atoms with Crippen molar-refractivity contribution < 1.29 is 33.5 Å². The van der Waals surface area contributed by atoms with Crippen LogP contribution < -0.4 is 13.9 Å². The van der Waals surface area contributed by atoms with Gasteiger partial charge in [-0.1, -0.05) is 26.8 Å². The fourth-order valence-electron chi connectivity index (χ4n) is 7.51. The molecule has 1 N–H and O–H groups in total. The molecule has 2 fully saturated rings. The lowest BCUT2D eigenvalue weighted by Gasteiger charge is -2.62. The number of hydrogen-bond acceptors (Lipinski definition) is 9. The number of carbonyl (C=O) groups is 1. The van der Waals surface area contributed by atoms with Crippen LogP contribution in [0.2, 0.25) is 18.1 Å². The van der Waals surface area contributed by atoms with Crippen LogP contribution in [0.3, 0.4) is 0 Å². The van der Waals surface area contributed by atoms with E-state index in [2.05, 4.69) is 44.8 Å². The minimum atomic E-state index is -2.24. The Bertz CT molecular complexity index is 1560. The van der Waals surface area contributed by atoms with E-state index in [9.17, 15) is 20.0 Å². The second-order valence-corrected chi connectivity index (χ2v) is 19.3. The zero-order valence-electron chi connectivity index (χ0n) is 25.9. The molecule has 7 rings (SSSR count). The van der Waals surface area contributed by atoms with Crippen molar-refractivity contribution in [1.29, 1.82) is 0 Å². The molecule has 10 nitrogen and oxygen atoms in total. The summed E-state index contributed by atoms with van der Waals surface area (Å²) in [5, 5.41) is 23.8. The van der Waals surface area contributed by atoms with E-state index in [0.29, 0.717) is 36.0 Å². The standard InChI is InChI=1S/C33H40N2O8Si/c1-31(2,3)44(4,5)43-24-13-8-21-18-26-33(37)15-14-25(41-30(36)40-23-11-9-22(10-12-23)35(38)39)29-32(33,27(21)28(24)42-29)16-17-34(26)19-20-6-7-20/h8-14,20,26,29,37H,6-7,15-19H2,1-5H3/t26-,29+,32+,33-/m0/s1. The zero-order valence-corrected chi connectivity index (χ0v) is 26.9. The maximum absolute atomic E-state index is 13.1. The largest absolute Gasteiger partial charge is 0.541 e. The van der Waals surface area contributed by atoms with Crippen LogP contribution in [0.15, 0.2) is 48.2 Å². The Kier molecular flexibility index (Phi) is 6.52. The second-order valence-electron chi connectivity index (χ2n) is 14.6. The Morgan fingerprint density at radius 3 is 2.55 bits per heavy atom. The van der Waals surface area contributed by atoms with Gasteiger partial charge < -0.3 is 23.7 Å². The highest BCUT2D eigenvalue weighted by Gasteiger charge is 2.72. The van der Waals surface area contributed by atoms with Gasteiger partial charge in [-0.05, 0) is 86.1 Å². The molecule has 44 heavy (non-hydrogen) atoms. The number of likely N-dealkylation sites (tertiary alicyclic amines) is 1. The number of nitro benzene ring substituents is 1. The third kappa shape index (κ3) is 4.38. The van der Waals surface area contributed by atoms with Gasteiger partial charge in [0.15, 0.2) is 11.9 Å². The lowest BCUT2D eigenvalue weighted by atomic mass is 9.50. The maximum atomic E-state index is 13.1.